The van der Waals surface area contributed by atoms with E-state index in [0.717, 1.165) is 13.0 Å². The summed E-state index contributed by atoms with van der Waals surface area (Å²) in [6, 6.07) is -0.0916. The third kappa shape index (κ3) is 2.44. The van der Waals surface area contributed by atoms with Crippen molar-refractivity contribution in [3.63, 3.8) is 0 Å². The lowest BCUT2D eigenvalue weighted by molar-refractivity contribution is 0.290. The normalized spacial score (nSPS) is 22.7. The number of nitrogens with zero attached hydrogens (tertiary/aromatic N) is 4. The summed E-state index contributed by atoms with van der Waals surface area (Å²) in [5.74, 6) is 0.0756. The fraction of sp³-hybridized carbons (Fsp3) is 0.583. The molecule has 0 amide bonds. The number of fused-ring (bicyclic) bond motifs is 1. The lowest BCUT2D eigenvalue weighted by Crippen LogP contribution is -2.42. The van der Waals surface area contributed by atoms with Crippen LogP contribution in [-0.2, 0) is 10.0 Å². The van der Waals surface area contributed by atoms with Crippen LogP contribution in [0.2, 0.25) is 0 Å². The second-order valence-electron chi connectivity index (χ2n) is 5.44. The smallest absolute Gasteiger partial charge is 0.263 e. The maximum absolute atomic E-state index is 13.0. The summed E-state index contributed by atoms with van der Waals surface area (Å²) in [4.78, 5) is 6.90. The SMILES string of the molecule is CC1CN(C)CCCN1S(=O)(=O)c1c(N)nc2sccn12. The summed E-state index contributed by atoms with van der Waals surface area (Å²) in [5, 5.41) is 1.90. The Hall–Kier alpha value is -1.16. The molecule has 2 aromatic rings. The Kier molecular flexibility index (Phi) is 3.68. The van der Waals surface area contributed by atoms with Gasteiger partial charge in [-0.1, -0.05) is 0 Å². The van der Waals surface area contributed by atoms with E-state index in [1.165, 1.54) is 11.3 Å². The van der Waals surface area contributed by atoms with Gasteiger partial charge in [-0.05, 0) is 26.9 Å². The van der Waals surface area contributed by atoms with Crippen molar-refractivity contribution in [1.29, 1.82) is 0 Å². The van der Waals surface area contributed by atoms with Gasteiger partial charge in [-0.15, -0.1) is 11.3 Å². The van der Waals surface area contributed by atoms with Crippen molar-refractivity contribution in [3.8, 4) is 0 Å². The van der Waals surface area contributed by atoms with Crippen LogP contribution in [0.3, 0.4) is 0 Å². The van der Waals surface area contributed by atoms with E-state index in [9.17, 15) is 8.42 Å². The van der Waals surface area contributed by atoms with Crippen molar-refractivity contribution in [2.24, 2.45) is 0 Å². The highest BCUT2D eigenvalue weighted by Crippen LogP contribution is 2.28. The second kappa shape index (κ2) is 5.24. The van der Waals surface area contributed by atoms with Gasteiger partial charge in [0.1, 0.15) is 0 Å². The number of hydrogen-bond acceptors (Lipinski definition) is 6. The molecule has 3 heterocycles. The Bertz CT molecular complexity index is 751. The highest BCUT2D eigenvalue weighted by Gasteiger charge is 2.35. The van der Waals surface area contributed by atoms with Crippen LogP contribution in [0.15, 0.2) is 16.6 Å². The van der Waals surface area contributed by atoms with Crippen LogP contribution >= 0.6 is 11.3 Å². The third-order valence-corrected chi connectivity index (χ3v) is 6.59. The number of nitrogen functional groups attached to an aromatic ring is 1. The van der Waals surface area contributed by atoms with Gasteiger partial charge in [0.25, 0.3) is 10.0 Å². The number of rotatable bonds is 2. The van der Waals surface area contributed by atoms with E-state index >= 15 is 0 Å². The minimum atomic E-state index is -3.65. The summed E-state index contributed by atoms with van der Waals surface area (Å²) < 4.78 is 29.2. The van der Waals surface area contributed by atoms with Crippen molar-refractivity contribution in [1.82, 2.24) is 18.6 Å². The number of likely N-dealkylation sites (N-methyl/N-ethyl adjacent to an activating group) is 1. The fourth-order valence-corrected chi connectivity index (χ4v) is 5.47. The average molecular weight is 329 g/mol. The Morgan fingerprint density at radius 2 is 2.19 bits per heavy atom. The van der Waals surface area contributed by atoms with Crippen molar-refractivity contribution in [2.75, 3.05) is 32.4 Å². The largest absolute Gasteiger partial charge is 0.381 e. The zero-order chi connectivity index (χ0) is 15.2. The number of sulfonamides is 1. The predicted molar refractivity (Wildman–Crippen MR) is 82.9 cm³/mol. The first-order valence-electron chi connectivity index (χ1n) is 6.82. The quantitative estimate of drug-likeness (QED) is 0.876. The predicted octanol–water partition coefficient (Wildman–Crippen LogP) is 0.693. The molecule has 1 aliphatic rings. The molecular formula is C12H19N5O2S2. The van der Waals surface area contributed by atoms with E-state index in [0.29, 0.717) is 18.1 Å². The van der Waals surface area contributed by atoms with Crippen LogP contribution in [0.25, 0.3) is 4.96 Å². The lowest BCUT2D eigenvalue weighted by atomic mass is 10.3. The van der Waals surface area contributed by atoms with E-state index < -0.39 is 10.0 Å². The molecule has 1 atom stereocenters. The zero-order valence-electron chi connectivity index (χ0n) is 12.1. The lowest BCUT2D eigenvalue weighted by Gasteiger charge is -2.26. The summed E-state index contributed by atoms with van der Waals surface area (Å²) >= 11 is 1.37. The standard InChI is InChI=1S/C12H19N5O2S2/c1-9-8-15(2)4-3-5-17(9)21(18,19)11-10(13)14-12-16(11)6-7-20-12/h6-7,9H,3-5,8,13H2,1-2H3. The van der Waals surface area contributed by atoms with Crippen molar-refractivity contribution in [3.05, 3.63) is 11.6 Å². The molecule has 0 aliphatic carbocycles. The highest BCUT2D eigenvalue weighted by molar-refractivity contribution is 7.89. The maximum atomic E-state index is 13.0. The van der Waals surface area contributed by atoms with Gasteiger partial charge in [0.2, 0.25) is 0 Å². The summed E-state index contributed by atoms with van der Waals surface area (Å²) in [7, 11) is -1.64. The first-order valence-corrected chi connectivity index (χ1v) is 9.14. The Labute approximate surface area is 128 Å². The molecule has 1 fully saturated rings. The van der Waals surface area contributed by atoms with Crippen LogP contribution in [0.1, 0.15) is 13.3 Å². The van der Waals surface area contributed by atoms with Gasteiger partial charge in [-0.3, -0.25) is 4.40 Å². The highest BCUT2D eigenvalue weighted by atomic mass is 32.2. The van der Waals surface area contributed by atoms with Crippen molar-refractivity contribution in [2.45, 2.75) is 24.4 Å². The van der Waals surface area contributed by atoms with Crippen LogP contribution < -0.4 is 5.73 Å². The summed E-state index contributed by atoms with van der Waals surface area (Å²) in [5.41, 5.74) is 5.86. The van der Waals surface area contributed by atoms with Gasteiger partial charge in [0, 0.05) is 30.7 Å². The molecular weight excluding hydrogens is 310 g/mol. The molecule has 1 aliphatic heterocycles. The van der Waals surface area contributed by atoms with Gasteiger partial charge in [-0.25, -0.2) is 13.4 Å². The van der Waals surface area contributed by atoms with E-state index in [-0.39, 0.29) is 16.9 Å². The van der Waals surface area contributed by atoms with E-state index in [4.69, 9.17) is 5.73 Å². The third-order valence-electron chi connectivity index (χ3n) is 3.78. The number of hydrogen-bond donors (Lipinski definition) is 1. The van der Waals surface area contributed by atoms with Gasteiger partial charge < -0.3 is 10.6 Å². The van der Waals surface area contributed by atoms with Gasteiger partial charge in [-0.2, -0.15) is 4.31 Å². The molecule has 0 bridgehead atoms. The molecule has 2 N–H and O–H groups in total. The van der Waals surface area contributed by atoms with E-state index in [2.05, 4.69) is 9.88 Å². The number of thiazole rings is 1. The molecule has 116 valence electrons. The molecule has 9 heteroatoms. The van der Waals surface area contributed by atoms with Crippen LogP contribution in [0, 0.1) is 0 Å². The number of nitrogens with two attached hydrogens (primary N) is 1. The Balaban J connectivity index is 2.07. The van der Waals surface area contributed by atoms with Gasteiger partial charge in [0.05, 0.1) is 0 Å². The average Bonchev–Trinajstić information content (AvgIpc) is 2.87. The zero-order valence-corrected chi connectivity index (χ0v) is 13.7. The Morgan fingerprint density at radius 1 is 1.43 bits per heavy atom. The van der Waals surface area contributed by atoms with Crippen LogP contribution in [0.5, 0.6) is 0 Å². The molecule has 2 aromatic heterocycles. The summed E-state index contributed by atoms with van der Waals surface area (Å²) in [6.45, 7) is 4.04. The summed E-state index contributed by atoms with van der Waals surface area (Å²) in [6.07, 6.45) is 2.51. The Morgan fingerprint density at radius 3 is 2.95 bits per heavy atom. The van der Waals surface area contributed by atoms with E-state index in [1.54, 1.807) is 20.3 Å². The first-order chi connectivity index (χ1) is 9.91. The van der Waals surface area contributed by atoms with Crippen molar-refractivity contribution >= 4 is 32.1 Å². The number of anilines is 1. The van der Waals surface area contributed by atoms with Crippen LogP contribution in [0.4, 0.5) is 5.82 Å². The van der Waals surface area contributed by atoms with E-state index in [1.807, 2.05) is 14.0 Å². The number of aromatic nitrogens is 2. The molecule has 0 aromatic carbocycles. The molecule has 3 rings (SSSR count). The molecule has 21 heavy (non-hydrogen) atoms. The van der Waals surface area contributed by atoms with Gasteiger partial charge >= 0.3 is 0 Å². The number of imidazole rings is 1. The fourth-order valence-electron chi connectivity index (χ4n) is 2.86. The molecule has 0 spiro atoms. The minimum Gasteiger partial charge on any atom is -0.381 e. The monoisotopic (exact) mass is 329 g/mol. The van der Waals surface area contributed by atoms with Gasteiger partial charge in [0.15, 0.2) is 15.8 Å². The van der Waals surface area contributed by atoms with Crippen LogP contribution in [-0.4, -0.2) is 59.7 Å². The molecule has 1 saturated heterocycles. The molecule has 1 unspecified atom stereocenters. The maximum Gasteiger partial charge on any atom is 0.263 e. The molecule has 0 radical (unpaired) electrons. The topological polar surface area (TPSA) is 83.9 Å². The minimum absolute atomic E-state index is 0.0756. The second-order valence-corrected chi connectivity index (χ2v) is 8.12. The molecule has 0 saturated carbocycles. The first kappa shape index (κ1) is 14.8. The van der Waals surface area contributed by atoms with Crippen molar-refractivity contribution < 1.29 is 8.42 Å². The molecule has 7 nitrogen and oxygen atoms in total.